The van der Waals surface area contributed by atoms with E-state index in [9.17, 15) is 4.79 Å². The Morgan fingerprint density at radius 1 is 0.938 bits per heavy atom. The highest BCUT2D eigenvalue weighted by atomic mass is 16.6. The maximum absolute atomic E-state index is 12.3. The molecule has 1 aliphatic heterocycles. The molecule has 3 aromatic carbocycles. The molecule has 1 amide bonds. The number of cyclic esters (lactones) is 1. The van der Waals surface area contributed by atoms with E-state index in [0.717, 1.165) is 27.6 Å². The molecule has 0 saturated carbocycles. The smallest absolute Gasteiger partial charge is 0.410 e. The number of hydrogen-bond acceptors (Lipinski definition) is 5. The number of para-hydroxylation sites is 4. The number of methoxy groups -OCH3 is 1. The van der Waals surface area contributed by atoms with Gasteiger partial charge in [0.1, 0.15) is 19.0 Å². The Morgan fingerprint density at radius 3 is 2.56 bits per heavy atom. The van der Waals surface area contributed by atoms with Crippen molar-refractivity contribution in [1.82, 2.24) is 9.88 Å². The lowest BCUT2D eigenvalue weighted by atomic mass is 10.1. The summed E-state index contributed by atoms with van der Waals surface area (Å²) < 4.78 is 22.6. The summed E-state index contributed by atoms with van der Waals surface area (Å²) in [6.45, 7) is 1.50. The highest BCUT2D eigenvalue weighted by Gasteiger charge is 2.31. The SMILES string of the molecule is COc1ccccc1OCCN1CC(COc2cccc3c2[nH]c2ccccc23)OC1=O. The summed E-state index contributed by atoms with van der Waals surface area (Å²) in [6, 6.07) is 21.5. The zero-order chi connectivity index (χ0) is 21.9. The van der Waals surface area contributed by atoms with Crippen LogP contribution in [0.1, 0.15) is 0 Å². The molecule has 2 heterocycles. The lowest BCUT2D eigenvalue weighted by Crippen LogP contribution is -2.30. The van der Waals surface area contributed by atoms with E-state index in [1.807, 2.05) is 54.6 Å². The second-order valence-electron chi connectivity index (χ2n) is 7.61. The lowest BCUT2D eigenvalue weighted by Gasteiger charge is -2.15. The molecule has 1 atom stereocenters. The van der Waals surface area contributed by atoms with Crippen LogP contribution in [-0.4, -0.2) is 55.5 Å². The van der Waals surface area contributed by atoms with Crippen LogP contribution in [0, 0.1) is 0 Å². The number of aromatic nitrogens is 1. The van der Waals surface area contributed by atoms with E-state index in [4.69, 9.17) is 18.9 Å². The van der Waals surface area contributed by atoms with Crippen LogP contribution in [0.5, 0.6) is 17.2 Å². The number of hydrogen-bond donors (Lipinski definition) is 1. The molecule has 164 valence electrons. The van der Waals surface area contributed by atoms with Crippen molar-refractivity contribution in [3.8, 4) is 17.2 Å². The number of nitrogens with one attached hydrogen (secondary N) is 1. The highest BCUT2D eigenvalue weighted by molar-refractivity contribution is 6.09. The van der Waals surface area contributed by atoms with Gasteiger partial charge in [-0.3, -0.25) is 0 Å². The number of nitrogens with zero attached hydrogens (tertiary/aromatic N) is 1. The quantitative estimate of drug-likeness (QED) is 0.440. The van der Waals surface area contributed by atoms with E-state index in [0.29, 0.717) is 31.2 Å². The van der Waals surface area contributed by atoms with Gasteiger partial charge in [0.2, 0.25) is 0 Å². The first-order chi connectivity index (χ1) is 15.7. The molecular formula is C25H24N2O5. The molecule has 1 saturated heterocycles. The van der Waals surface area contributed by atoms with E-state index in [1.54, 1.807) is 12.0 Å². The molecule has 5 rings (SSSR count). The average molecular weight is 432 g/mol. The molecule has 1 N–H and O–H groups in total. The van der Waals surface area contributed by atoms with Gasteiger partial charge in [0.05, 0.1) is 25.7 Å². The number of fused-ring (bicyclic) bond motifs is 3. The largest absolute Gasteiger partial charge is 0.493 e. The summed E-state index contributed by atoms with van der Waals surface area (Å²) in [7, 11) is 1.60. The van der Waals surface area contributed by atoms with Crippen molar-refractivity contribution >= 4 is 27.9 Å². The van der Waals surface area contributed by atoms with E-state index in [2.05, 4.69) is 17.1 Å². The molecule has 7 nitrogen and oxygen atoms in total. The molecule has 4 aromatic rings. The van der Waals surface area contributed by atoms with Crippen LogP contribution < -0.4 is 14.2 Å². The van der Waals surface area contributed by atoms with Gasteiger partial charge < -0.3 is 28.8 Å². The number of benzene rings is 3. The zero-order valence-corrected chi connectivity index (χ0v) is 17.7. The molecule has 1 aromatic heterocycles. The summed E-state index contributed by atoms with van der Waals surface area (Å²) in [4.78, 5) is 17.3. The van der Waals surface area contributed by atoms with Gasteiger partial charge in [0.15, 0.2) is 17.6 Å². The second-order valence-corrected chi connectivity index (χ2v) is 7.61. The van der Waals surface area contributed by atoms with E-state index in [1.165, 1.54) is 0 Å². The van der Waals surface area contributed by atoms with Gasteiger partial charge in [-0.05, 0) is 24.3 Å². The van der Waals surface area contributed by atoms with Crippen molar-refractivity contribution < 1.29 is 23.7 Å². The Labute approximate surface area is 185 Å². The number of carbonyl (C=O) groups excluding carboxylic acids is 1. The Kier molecular flexibility index (Phi) is 5.46. The third-order valence-electron chi connectivity index (χ3n) is 5.57. The number of aromatic amines is 1. The Morgan fingerprint density at radius 2 is 1.69 bits per heavy atom. The van der Waals surface area contributed by atoms with Gasteiger partial charge >= 0.3 is 6.09 Å². The van der Waals surface area contributed by atoms with E-state index >= 15 is 0 Å². The van der Waals surface area contributed by atoms with Crippen molar-refractivity contribution in [2.24, 2.45) is 0 Å². The van der Waals surface area contributed by atoms with Gasteiger partial charge in [0, 0.05) is 16.3 Å². The molecule has 7 heteroatoms. The number of H-pyrrole nitrogens is 1. The van der Waals surface area contributed by atoms with Crippen LogP contribution in [0.25, 0.3) is 21.8 Å². The molecule has 0 radical (unpaired) electrons. The van der Waals surface area contributed by atoms with Gasteiger partial charge in [-0.1, -0.05) is 42.5 Å². The van der Waals surface area contributed by atoms with Crippen LogP contribution in [0.2, 0.25) is 0 Å². The van der Waals surface area contributed by atoms with Crippen LogP contribution in [-0.2, 0) is 4.74 Å². The third-order valence-corrected chi connectivity index (χ3v) is 5.57. The van der Waals surface area contributed by atoms with Crippen molar-refractivity contribution in [2.45, 2.75) is 6.10 Å². The predicted octanol–water partition coefficient (Wildman–Crippen LogP) is 4.61. The zero-order valence-electron chi connectivity index (χ0n) is 17.7. The van der Waals surface area contributed by atoms with Crippen molar-refractivity contribution in [3.63, 3.8) is 0 Å². The molecule has 0 aliphatic carbocycles. The van der Waals surface area contributed by atoms with Gasteiger partial charge in [-0.2, -0.15) is 0 Å². The van der Waals surface area contributed by atoms with Crippen molar-refractivity contribution in [2.75, 3.05) is 33.4 Å². The third kappa shape index (κ3) is 3.89. The summed E-state index contributed by atoms with van der Waals surface area (Å²) >= 11 is 0. The van der Waals surface area contributed by atoms with E-state index in [-0.39, 0.29) is 18.8 Å². The maximum Gasteiger partial charge on any atom is 0.410 e. The van der Waals surface area contributed by atoms with Gasteiger partial charge in [-0.25, -0.2) is 4.79 Å². The number of rotatable bonds is 8. The molecule has 32 heavy (non-hydrogen) atoms. The van der Waals surface area contributed by atoms with Crippen molar-refractivity contribution in [3.05, 3.63) is 66.7 Å². The topological polar surface area (TPSA) is 73.0 Å². The summed E-state index contributed by atoms with van der Waals surface area (Å²) in [6.07, 6.45) is -0.695. The molecule has 1 aliphatic rings. The molecule has 1 unspecified atom stereocenters. The Balaban J connectivity index is 1.18. The summed E-state index contributed by atoms with van der Waals surface area (Å²) in [5.41, 5.74) is 2.01. The minimum atomic E-state index is -0.356. The summed E-state index contributed by atoms with van der Waals surface area (Å²) in [5.74, 6) is 2.05. The Hall–Kier alpha value is -3.87. The van der Waals surface area contributed by atoms with Crippen LogP contribution in [0.4, 0.5) is 4.79 Å². The fourth-order valence-electron chi connectivity index (χ4n) is 4.00. The average Bonchev–Trinajstić information content (AvgIpc) is 3.38. The number of ether oxygens (including phenoxy) is 4. The molecule has 0 spiro atoms. The van der Waals surface area contributed by atoms with Gasteiger partial charge in [0.25, 0.3) is 0 Å². The normalized spacial score (nSPS) is 15.8. The monoisotopic (exact) mass is 432 g/mol. The second kappa shape index (κ2) is 8.70. The predicted molar refractivity (Wildman–Crippen MR) is 122 cm³/mol. The first-order valence-corrected chi connectivity index (χ1v) is 10.6. The minimum Gasteiger partial charge on any atom is -0.493 e. The van der Waals surface area contributed by atoms with Crippen LogP contribution >= 0.6 is 0 Å². The highest BCUT2D eigenvalue weighted by Crippen LogP contribution is 2.32. The molecular weight excluding hydrogens is 408 g/mol. The van der Waals surface area contributed by atoms with Crippen LogP contribution in [0.3, 0.4) is 0 Å². The van der Waals surface area contributed by atoms with Crippen molar-refractivity contribution in [1.29, 1.82) is 0 Å². The fraction of sp³-hybridized carbons (Fsp3) is 0.240. The Bertz CT molecular complexity index is 1250. The minimum absolute atomic E-state index is 0.282. The maximum atomic E-state index is 12.3. The van der Waals surface area contributed by atoms with Crippen LogP contribution in [0.15, 0.2) is 66.7 Å². The number of carbonyl (C=O) groups is 1. The fourth-order valence-corrected chi connectivity index (χ4v) is 4.00. The first-order valence-electron chi connectivity index (χ1n) is 10.6. The lowest BCUT2D eigenvalue weighted by molar-refractivity contribution is 0.103. The summed E-state index contributed by atoms with van der Waals surface area (Å²) in [5, 5.41) is 2.26. The molecule has 0 bridgehead atoms. The molecule has 1 fully saturated rings. The standard InChI is InChI=1S/C25H24N2O5/c1-29-21-10-4-5-11-22(21)30-14-13-27-15-17(32-25(27)28)16-31-23-12-6-8-19-18-7-2-3-9-20(18)26-24(19)23/h2-12,17,26H,13-16H2,1H3. The van der Waals surface area contributed by atoms with E-state index < -0.39 is 0 Å². The first kappa shape index (κ1) is 20.1. The van der Waals surface area contributed by atoms with Gasteiger partial charge in [-0.15, -0.1) is 0 Å². The number of amides is 1.